The number of hydrogen-bond acceptors (Lipinski definition) is 3. The topological polar surface area (TPSA) is 64.7 Å². The van der Waals surface area contributed by atoms with E-state index in [0.717, 1.165) is 49.6 Å². The van der Waals surface area contributed by atoms with E-state index in [-0.39, 0.29) is 17.9 Å². The Bertz CT molecular complexity index is 925. The number of amides is 3. The molecule has 0 spiro atoms. The van der Waals surface area contributed by atoms with Crippen LogP contribution in [0, 0.1) is 11.8 Å². The first-order valence-electron chi connectivity index (χ1n) is 12.3. The molecule has 0 bridgehead atoms. The van der Waals surface area contributed by atoms with Crippen molar-refractivity contribution in [2.24, 2.45) is 11.8 Å². The zero-order valence-electron chi connectivity index (χ0n) is 19.6. The van der Waals surface area contributed by atoms with Gasteiger partial charge in [-0.2, -0.15) is 0 Å². The number of urea groups is 1. The molecule has 0 aliphatic carbocycles. The van der Waals surface area contributed by atoms with Gasteiger partial charge in [-0.15, -0.1) is 0 Å². The molecule has 33 heavy (non-hydrogen) atoms. The van der Waals surface area contributed by atoms with Gasteiger partial charge in [-0.25, -0.2) is 4.79 Å². The lowest BCUT2D eigenvalue weighted by molar-refractivity contribution is -0.126. The van der Waals surface area contributed by atoms with Gasteiger partial charge >= 0.3 is 6.03 Å². The second kappa shape index (κ2) is 11.3. The molecule has 4 rings (SSSR count). The van der Waals surface area contributed by atoms with Gasteiger partial charge in [0.2, 0.25) is 5.91 Å². The van der Waals surface area contributed by atoms with Gasteiger partial charge in [0.25, 0.3) is 0 Å². The number of nitrogens with one attached hydrogen (secondary N) is 2. The van der Waals surface area contributed by atoms with Gasteiger partial charge in [-0.05, 0) is 68.0 Å². The number of carbonyl (C=O) groups is 2. The summed E-state index contributed by atoms with van der Waals surface area (Å²) in [7, 11) is 0. The molecular weight excluding hydrogens is 412 g/mol. The average molecular weight is 449 g/mol. The number of para-hydroxylation sites is 1. The van der Waals surface area contributed by atoms with Gasteiger partial charge in [-0.3, -0.25) is 9.69 Å². The van der Waals surface area contributed by atoms with E-state index >= 15 is 0 Å². The summed E-state index contributed by atoms with van der Waals surface area (Å²) in [6.45, 7) is 7.30. The van der Waals surface area contributed by atoms with Crippen molar-refractivity contribution >= 4 is 17.6 Å². The molecule has 2 N–H and O–H groups in total. The molecule has 2 heterocycles. The molecule has 1 unspecified atom stereocenters. The number of rotatable bonds is 6. The van der Waals surface area contributed by atoms with Crippen LogP contribution in [0.25, 0.3) is 0 Å². The predicted molar refractivity (Wildman–Crippen MR) is 132 cm³/mol. The van der Waals surface area contributed by atoms with E-state index in [4.69, 9.17) is 0 Å². The Morgan fingerprint density at radius 2 is 1.70 bits per heavy atom. The second-order valence-corrected chi connectivity index (χ2v) is 9.58. The zero-order chi connectivity index (χ0) is 23.0. The minimum Gasteiger partial charge on any atom is -0.352 e. The Balaban J connectivity index is 1.25. The molecular formula is C27H36N4O2. The minimum atomic E-state index is -0.168. The van der Waals surface area contributed by atoms with E-state index in [1.807, 2.05) is 30.3 Å². The number of nitrogens with zero attached hydrogens (tertiary/aromatic N) is 2. The average Bonchev–Trinajstić information content (AvgIpc) is 2.85. The lowest BCUT2D eigenvalue weighted by atomic mass is 9.97. The summed E-state index contributed by atoms with van der Waals surface area (Å²) in [5.74, 6) is 0.698. The Hall–Kier alpha value is -2.86. The van der Waals surface area contributed by atoms with Gasteiger partial charge < -0.3 is 15.5 Å². The highest BCUT2D eigenvalue weighted by Crippen LogP contribution is 2.20. The first-order chi connectivity index (χ1) is 16.1. The summed E-state index contributed by atoms with van der Waals surface area (Å²) in [5.41, 5.74) is 3.20. The maximum absolute atomic E-state index is 12.9. The third-order valence-electron chi connectivity index (χ3n) is 6.85. The van der Waals surface area contributed by atoms with Crippen LogP contribution in [0.3, 0.4) is 0 Å². The van der Waals surface area contributed by atoms with Crippen LogP contribution in [-0.2, 0) is 17.9 Å². The molecule has 3 amide bonds. The number of likely N-dealkylation sites (tertiary alicyclic amines) is 2. The van der Waals surface area contributed by atoms with Gasteiger partial charge in [0, 0.05) is 31.9 Å². The van der Waals surface area contributed by atoms with Crippen LogP contribution in [-0.4, -0.2) is 47.9 Å². The van der Waals surface area contributed by atoms with E-state index in [1.165, 1.54) is 18.4 Å². The third kappa shape index (κ3) is 6.81. The molecule has 2 aliphatic rings. The fourth-order valence-corrected chi connectivity index (χ4v) is 4.75. The van der Waals surface area contributed by atoms with E-state index in [1.54, 1.807) is 4.90 Å². The van der Waals surface area contributed by atoms with E-state index in [2.05, 4.69) is 46.7 Å². The van der Waals surface area contributed by atoms with Crippen molar-refractivity contribution in [3.63, 3.8) is 0 Å². The molecule has 1 atom stereocenters. The minimum absolute atomic E-state index is 0.0302. The molecule has 176 valence electrons. The van der Waals surface area contributed by atoms with E-state index < -0.39 is 0 Å². The lowest BCUT2D eigenvalue weighted by Gasteiger charge is -2.32. The molecule has 6 nitrogen and oxygen atoms in total. The highest BCUT2D eigenvalue weighted by molar-refractivity contribution is 5.90. The summed E-state index contributed by atoms with van der Waals surface area (Å²) in [6.07, 6.45) is 4.20. The lowest BCUT2D eigenvalue weighted by Crippen LogP contribution is -2.46. The predicted octanol–water partition coefficient (Wildman–Crippen LogP) is 4.48. The molecule has 2 aliphatic heterocycles. The summed E-state index contributed by atoms with van der Waals surface area (Å²) >= 11 is 0. The maximum atomic E-state index is 12.9. The van der Waals surface area contributed by atoms with Crippen LogP contribution in [0.1, 0.15) is 43.7 Å². The molecule has 0 radical (unpaired) electrons. The molecule has 6 heteroatoms. The van der Waals surface area contributed by atoms with E-state index in [9.17, 15) is 9.59 Å². The zero-order valence-corrected chi connectivity index (χ0v) is 19.6. The van der Waals surface area contributed by atoms with Crippen LogP contribution in [0.4, 0.5) is 10.5 Å². The molecule has 2 aromatic rings. The normalized spacial score (nSPS) is 19.8. The monoisotopic (exact) mass is 448 g/mol. The van der Waals surface area contributed by atoms with Crippen molar-refractivity contribution in [3.8, 4) is 0 Å². The standard InChI is InChI=1S/C27H36N4O2/c1-21-12-15-30(16-13-21)19-23-8-5-7-22(17-23)18-28-26(32)24-9-6-14-31(20-24)27(33)29-25-10-3-2-4-11-25/h2-5,7-8,10-11,17,21,24H,6,9,12-16,18-20H2,1H3,(H,28,32)(H,29,33). The number of hydrogen-bond donors (Lipinski definition) is 2. The SMILES string of the molecule is CC1CCN(Cc2cccc(CNC(=O)C3CCCN(C(=O)Nc4ccccc4)C3)c2)CC1. The Morgan fingerprint density at radius 1 is 0.939 bits per heavy atom. The van der Waals surface area contributed by atoms with E-state index in [0.29, 0.717) is 19.6 Å². The van der Waals surface area contributed by atoms with Crippen LogP contribution in [0.5, 0.6) is 0 Å². The van der Waals surface area contributed by atoms with Crippen molar-refractivity contribution in [2.75, 3.05) is 31.5 Å². The fraction of sp³-hybridized carbons (Fsp3) is 0.481. The Kier molecular flexibility index (Phi) is 8.00. The smallest absolute Gasteiger partial charge is 0.321 e. The van der Waals surface area contributed by atoms with Crippen LogP contribution in [0.2, 0.25) is 0 Å². The second-order valence-electron chi connectivity index (χ2n) is 9.58. The molecule has 0 saturated carbocycles. The molecule has 2 aromatic carbocycles. The summed E-state index contributed by atoms with van der Waals surface area (Å²) < 4.78 is 0. The number of carbonyl (C=O) groups excluding carboxylic acids is 2. The fourth-order valence-electron chi connectivity index (χ4n) is 4.75. The Morgan fingerprint density at radius 3 is 2.48 bits per heavy atom. The summed E-state index contributed by atoms with van der Waals surface area (Å²) in [5, 5.41) is 6.03. The highest BCUT2D eigenvalue weighted by atomic mass is 16.2. The highest BCUT2D eigenvalue weighted by Gasteiger charge is 2.28. The quantitative estimate of drug-likeness (QED) is 0.685. The van der Waals surface area contributed by atoms with Gasteiger partial charge in [0.15, 0.2) is 0 Å². The van der Waals surface area contributed by atoms with Crippen molar-refractivity contribution in [3.05, 3.63) is 65.7 Å². The van der Waals surface area contributed by atoms with Crippen LogP contribution >= 0.6 is 0 Å². The number of piperidine rings is 2. The van der Waals surface area contributed by atoms with Crippen molar-refractivity contribution in [1.29, 1.82) is 0 Å². The molecule has 2 saturated heterocycles. The van der Waals surface area contributed by atoms with Gasteiger partial charge in [-0.1, -0.05) is 49.4 Å². The largest absolute Gasteiger partial charge is 0.352 e. The Labute approximate surface area is 197 Å². The van der Waals surface area contributed by atoms with Crippen LogP contribution < -0.4 is 10.6 Å². The maximum Gasteiger partial charge on any atom is 0.321 e. The molecule has 0 aromatic heterocycles. The van der Waals surface area contributed by atoms with Crippen molar-refractivity contribution < 1.29 is 9.59 Å². The number of benzene rings is 2. The van der Waals surface area contributed by atoms with Gasteiger partial charge in [0.05, 0.1) is 5.92 Å². The van der Waals surface area contributed by atoms with Crippen molar-refractivity contribution in [2.45, 2.75) is 45.7 Å². The first-order valence-corrected chi connectivity index (χ1v) is 12.3. The summed E-state index contributed by atoms with van der Waals surface area (Å²) in [6, 6.07) is 17.8. The van der Waals surface area contributed by atoms with Crippen molar-refractivity contribution in [1.82, 2.24) is 15.1 Å². The molecule has 2 fully saturated rings. The first kappa shape index (κ1) is 23.3. The van der Waals surface area contributed by atoms with Crippen LogP contribution in [0.15, 0.2) is 54.6 Å². The van der Waals surface area contributed by atoms with Gasteiger partial charge in [0.1, 0.15) is 0 Å². The summed E-state index contributed by atoms with van der Waals surface area (Å²) in [4.78, 5) is 29.7. The third-order valence-corrected chi connectivity index (χ3v) is 6.85. The number of anilines is 1.